The van der Waals surface area contributed by atoms with E-state index in [4.69, 9.17) is 9.47 Å². The van der Waals surface area contributed by atoms with Gasteiger partial charge < -0.3 is 24.8 Å². The van der Waals surface area contributed by atoms with Gasteiger partial charge in [0.1, 0.15) is 5.75 Å². The van der Waals surface area contributed by atoms with Crippen LogP contribution in [0.3, 0.4) is 0 Å². The molecule has 2 amide bonds. The maximum Gasteiger partial charge on any atom is 0.229 e. The lowest BCUT2D eigenvalue weighted by Crippen LogP contribution is -2.30. The summed E-state index contributed by atoms with van der Waals surface area (Å²) in [5.74, 6) is 0.856. The van der Waals surface area contributed by atoms with Crippen molar-refractivity contribution in [3.63, 3.8) is 0 Å². The van der Waals surface area contributed by atoms with Crippen molar-refractivity contribution in [3.05, 3.63) is 48.0 Å². The zero-order valence-electron chi connectivity index (χ0n) is 16.0. The van der Waals surface area contributed by atoms with Gasteiger partial charge in [0.15, 0.2) is 11.5 Å². The molecule has 0 aliphatic carbocycles. The van der Waals surface area contributed by atoms with Gasteiger partial charge in [-0.3, -0.25) is 9.59 Å². The van der Waals surface area contributed by atoms with Gasteiger partial charge in [-0.05, 0) is 48.4 Å². The number of benzene rings is 2. The molecule has 0 bridgehead atoms. The summed E-state index contributed by atoms with van der Waals surface area (Å²) in [6, 6.07) is 11.9. The Labute approximate surface area is 163 Å². The van der Waals surface area contributed by atoms with Crippen LogP contribution in [0, 0.1) is 5.92 Å². The molecule has 1 fully saturated rings. The number of carbonyl (C=O) groups is 2. The Bertz CT molecular complexity index is 850. The van der Waals surface area contributed by atoms with E-state index in [2.05, 4.69) is 5.32 Å². The Morgan fingerprint density at radius 1 is 1.14 bits per heavy atom. The summed E-state index contributed by atoms with van der Waals surface area (Å²) >= 11 is 0. The van der Waals surface area contributed by atoms with Gasteiger partial charge in [-0.15, -0.1) is 0 Å². The zero-order valence-corrected chi connectivity index (χ0v) is 16.0. The van der Waals surface area contributed by atoms with Crippen molar-refractivity contribution >= 4 is 17.5 Å². The second-order valence-corrected chi connectivity index (χ2v) is 6.72. The van der Waals surface area contributed by atoms with Crippen molar-refractivity contribution in [2.45, 2.75) is 12.8 Å². The zero-order chi connectivity index (χ0) is 20.1. The number of anilines is 1. The average Bonchev–Trinajstić information content (AvgIpc) is 3.08. The van der Waals surface area contributed by atoms with E-state index >= 15 is 0 Å². The molecule has 0 aromatic heterocycles. The fraction of sp³-hybridized carbons (Fsp3) is 0.333. The molecule has 1 unspecified atom stereocenters. The predicted octanol–water partition coefficient (Wildman–Crippen LogP) is 2.44. The monoisotopic (exact) mass is 384 g/mol. The number of methoxy groups -OCH3 is 2. The number of hydrogen-bond donors (Lipinski definition) is 2. The topological polar surface area (TPSA) is 88.1 Å². The number of ether oxygens (including phenoxy) is 2. The number of carbonyl (C=O) groups excluding carboxylic acids is 2. The maximum atomic E-state index is 12.4. The Hall–Kier alpha value is -3.22. The largest absolute Gasteiger partial charge is 0.508 e. The third kappa shape index (κ3) is 4.54. The highest BCUT2D eigenvalue weighted by Gasteiger charge is 2.34. The third-order valence-corrected chi connectivity index (χ3v) is 4.84. The fourth-order valence-electron chi connectivity index (χ4n) is 3.25. The van der Waals surface area contributed by atoms with Gasteiger partial charge in [-0.25, -0.2) is 0 Å². The number of rotatable bonds is 7. The molecule has 3 rings (SSSR count). The van der Waals surface area contributed by atoms with E-state index in [0.29, 0.717) is 36.7 Å². The average molecular weight is 384 g/mol. The number of phenolic OH excluding ortho intramolecular Hbond substituents is 1. The minimum absolute atomic E-state index is 0.0219. The van der Waals surface area contributed by atoms with Crippen molar-refractivity contribution in [3.8, 4) is 17.2 Å². The van der Waals surface area contributed by atoms with Crippen LogP contribution in [0.15, 0.2) is 42.5 Å². The van der Waals surface area contributed by atoms with Gasteiger partial charge in [0.2, 0.25) is 11.8 Å². The minimum atomic E-state index is -0.383. The van der Waals surface area contributed by atoms with Crippen LogP contribution in [0.2, 0.25) is 0 Å². The summed E-state index contributed by atoms with van der Waals surface area (Å²) in [7, 11) is 3.17. The van der Waals surface area contributed by atoms with Gasteiger partial charge in [-0.2, -0.15) is 0 Å². The number of hydrogen-bond acceptors (Lipinski definition) is 5. The first-order chi connectivity index (χ1) is 13.5. The molecule has 0 spiro atoms. The highest BCUT2D eigenvalue weighted by molar-refractivity contribution is 5.97. The molecule has 2 aromatic rings. The molecule has 0 saturated carbocycles. The van der Waals surface area contributed by atoms with E-state index in [1.54, 1.807) is 31.3 Å². The van der Waals surface area contributed by atoms with Gasteiger partial charge in [0, 0.05) is 25.2 Å². The first-order valence-corrected chi connectivity index (χ1v) is 9.08. The summed E-state index contributed by atoms with van der Waals surface area (Å²) in [5, 5.41) is 12.1. The van der Waals surface area contributed by atoms with Gasteiger partial charge in [0.25, 0.3) is 0 Å². The SMILES string of the molecule is COc1ccc(CCN2CC(C(=O)Nc3ccc(O)cc3)CC2=O)cc1OC. The third-order valence-electron chi connectivity index (χ3n) is 4.84. The Kier molecular flexibility index (Phi) is 6.03. The normalized spacial score (nSPS) is 16.1. The number of phenols is 1. The number of nitrogens with zero attached hydrogens (tertiary/aromatic N) is 1. The first kappa shape index (κ1) is 19.5. The summed E-state index contributed by atoms with van der Waals surface area (Å²) in [6.07, 6.45) is 0.869. The van der Waals surface area contributed by atoms with E-state index in [-0.39, 0.29) is 29.9 Å². The molecule has 1 saturated heterocycles. The predicted molar refractivity (Wildman–Crippen MR) is 105 cm³/mol. The summed E-state index contributed by atoms with van der Waals surface area (Å²) in [4.78, 5) is 26.5. The van der Waals surface area contributed by atoms with Gasteiger partial charge in [-0.1, -0.05) is 6.07 Å². The van der Waals surface area contributed by atoms with Crippen LogP contribution < -0.4 is 14.8 Å². The van der Waals surface area contributed by atoms with E-state index < -0.39 is 0 Å². The van der Waals surface area contributed by atoms with E-state index in [9.17, 15) is 14.7 Å². The maximum absolute atomic E-state index is 12.4. The van der Waals surface area contributed by atoms with E-state index in [1.807, 2.05) is 18.2 Å². The lowest BCUT2D eigenvalue weighted by atomic mass is 10.1. The lowest BCUT2D eigenvalue weighted by molar-refractivity contribution is -0.128. The molecule has 1 heterocycles. The van der Waals surface area contributed by atoms with Crippen LogP contribution >= 0.6 is 0 Å². The van der Waals surface area contributed by atoms with Crippen LogP contribution in [-0.4, -0.2) is 49.1 Å². The van der Waals surface area contributed by atoms with E-state index in [1.165, 1.54) is 12.1 Å². The molecule has 28 heavy (non-hydrogen) atoms. The van der Waals surface area contributed by atoms with Crippen LogP contribution in [0.5, 0.6) is 17.2 Å². The standard InChI is InChI=1S/C21H24N2O5/c1-27-18-8-3-14(11-19(18)28-2)9-10-23-13-15(12-20(23)25)21(26)22-16-4-6-17(24)7-5-16/h3-8,11,15,24H,9-10,12-13H2,1-2H3,(H,22,26). The molecule has 0 radical (unpaired) electrons. The Balaban J connectivity index is 1.55. The summed E-state index contributed by atoms with van der Waals surface area (Å²) in [5.41, 5.74) is 1.63. The summed E-state index contributed by atoms with van der Waals surface area (Å²) < 4.78 is 10.5. The molecule has 7 nitrogen and oxygen atoms in total. The quantitative estimate of drug-likeness (QED) is 0.716. The smallest absolute Gasteiger partial charge is 0.229 e. The Morgan fingerprint density at radius 3 is 2.54 bits per heavy atom. The van der Waals surface area contributed by atoms with Crippen molar-refractivity contribution < 1.29 is 24.2 Å². The number of aromatic hydroxyl groups is 1. The number of nitrogens with one attached hydrogen (secondary N) is 1. The number of likely N-dealkylation sites (tertiary alicyclic amines) is 1. The van der Waals surface area contributed by atoms with Crippen molar-refractivity contribution in [2.24, 2.45) is 5.92 Å². The summed E-state index contributed by atoms with van der Waals surface area (Å²) in [6.45, 7) is 0.938. The molecule has 2 N–H and O–H groups in total. The first-order valence-electron chi connectivity index (χ1n) is 9.08. The van der Waals surface area contributed by atoms with Crippen molar-refractivity contribution in [2.75, 3.05) is 32.6 Å². The highest BCUT2D eigenvalue weighted by atomic mass is 16.5. The number of amides is 2. The molecule has 1 aliphatic heterocycles. The molecule has 1 atom stereocenters. The van der Waals surface area contributed by atoms with Gasteiger partial charge >= 0.3 is 0 Å². The molecule has 1 aliphatic rings. The fourth-order valence-corrected chi connectivity index (χ4v) is 3.25. The molecular formula is C21H24N2O5. The molecule has 148 valence electrons. The Morgan fingerprint density at radius 2 is 1.86 bits per heavy atom. The van der Waals surface area contributed by atoms with E-state index in [0.717, 1.165) is 5.56 Å². The van der Waals surface area contributed by atoms with Crippen LogP contribution in [0.1, 0.15) is 12.0 Å². The lowest BCUT2D eigenvalue weighted by Gasteiger charge is -2.17. The highest BCUT2D eigenvalue weighted by Crippen LogP contribution is 2.28. The molecule has 2 aromatic carbocycles. The minimum Gasteiger partial charge on any atom is -0.508 e. The second-order valence-electron chi connectivity index (χ2n) is 6.72. The molecular weight excluding hydrogens is 360 g/mol. The van der Waals surface area contributed by atoms with Crippen LogP contribution in [0.25, 0.3) is 0 Å². The van der Waals surface area contributed by atoms with Crippen LogP contribution in [-0.2, 0) is 16.0 Å². The van der Waals surface area contributed by atoms with Crippen molar-refractivity contribution in [1.82, 2.24) is 4.90 Å². The van der Waals surface area contributed by atoms with Gasteiger partial charge in [0.05, 0.1) is 20.1 Å². The molecule has 7 heteroatoms. The van der Waals surface area contributed by atoms with Crippen LogP contribution in [0.4, 0.5) is 5.69 Å². The second kappa shape index (κ2) is 8.65. The van der Waals surface area contributed by atoms with Crippen molar-refractivity contribution in [1.29, 1.82) is 0 Å².